The molecule has 0 bridgehead atoms. The number of benzene rings is 2. The topological polar surface area (TPSA) is 94.3 Å². The molecule has 28 heavy (non-hydrogen) atoms. The predicted molar refractivity (Wildman–Crippen MR) is 104 cm³/mol. The Kier molecular flexibility index (Phi) is 5.23. The number of amides is 3. The maximum Gasteiger partial charge on any atom is 0.319 e. The molecule has 2 unspecified atom stereocenters. The average Bonchev–Trinajstić information content (AvgIpc) is 3.34. The molecule has 0 radical (unpaired) electrons. The molecule has 0 aromatic heterocycles. The number of urea groups is 1. The van der Waals surface area contributed by atoms with Gasteiger partial charge in [0.1, 0.15) is 11.9 Å². The van der Waals surface area contributed by atoms with Crippen LogP contribution in [0.3, 0.4) is 0 Å². The van der Waals surface area contributed by atoms with Gasteiger partial charge in [0.15, 0.2) is 0 Å². The van der Waals surface area contributed by atoms with E-state index in [1.165, 1.54) is 12.1 Å². The highest BCUT2D eigenvalue weighted by molar-refractivity contribution is 5.96. The lowest BCUT2D eigenvalue weighted by molar-refractivity contribution is -0.117. The molecule has 1 saturated carbocycles. The summed E-state index contributed by atoms with van der Waals surface area (Å²) < 4.78 is 13.1. The molecule has 3 amide bonds. The molecule has 2 aliphatic rings. The second kappa shape index (κ2) is 7.95. The molecule has 1 aliphatic heterocycles. The zero-order chi connectivity index (χ0) is 19.5. The van der Waals surface area contributed by atoms with Crippen molar-refractivity contribution in [2.24, 2.45) is 0 Å². The van der Waals surface area contributed by atoms with Crippen LogP contribution in [0.25, 0.3) is 0 Å². The average molecular weight is 383 g/mol. The number of nitrogens with one attached hydrogen (secondary N) is 5. The van der Waals surface area contributed by atoms with E-state index in [4.69, 9.17) is 0 Å². The first-order valence-electron chi connectivity index (χ1n) is 9.32. The van der Waals surface area contributed by atoms with Crippen LogP contribution in [0.15, 0.2) is 48.5 Å². The SMILES string of the molecule is O=C(Nc1cccc(NC(=O)C2CC(c3ccc(F)cc3)NN2)c1)NC1CC1. The van der Waals surface area contributed by atoms with Crippen molar-refractivity contribution < 1.29 is 14.0 Å². The Bertz CT molecular complexity index is 869. The summed E-state index contributed by atoms with van der Waals surface area (Å²) in [5.74, 6) is -0.472. The molecule has 2 aromatic rings. The normalized spacial score (nSPS) is 21.2. The van der Waals surface area contributed by atoms with E-state index in [9.17, 15) is 14.0 Å². The van der Waals surface area contributed by atoms with Crippen LogP contribution in [0.5, 0.6) is 0 Å². The Hall–Kier alpha value is -2.97. The summed E-state index contributed by atoms with van der Waals surface area (Å²) in [5.41, 5.74) is 8.17. The van der Waals surface area contributed by atoms with Gasteiger partial charge in [-0.05, 0) is 55.2 Å². The lowest BCUT2D eigenvalue weighted by Crippen LogP contribution is -2.39. The first kappa shape index (κ1) is 18.4. The second-order valence-electron chi connectivity index (χ2n) is 7.12. The van der Waals surface area contributed by atoms with Crippen molar-refractivity contribution in [3.63, 3.8) is 0 Å². The van der Waals surface area contributed by atoms with Crippen LogP contribution >= 0.6 is 0 Å². The first-order valence-corrected chi connectivity index (χ1v) is 9.32. The molecular weight excluding hydrogens is 361 g/mol. The van der Waals surface area contributed by atoms with Crippen LogP contribution in [0.1, 0.15) is 30.9 Å². The van der Waals surface area contributed by atoms with Crippen LogP contribution in [-0.2, 0) is 4.79 Å². The van der Waals surface area contributed by atoms with Crippen LogP contribution in [0, 0.1) is 5.82 Å². The molecule has 2 fully saturated rings. The van der Waals surface area contributed by atoms with Gasteiger partial charge in [0.05, 0.1) is 0 Å². The largest absolute Gasteiger partial charge is 0.335 e. The molecule has 7 nitrogen and oxygen atoms in total. The zero-order valence-corrected chi connectivity index (χ0v) is 15.2. The summed E-state index contributed by atoms with van der Waals surface area (Å²) in [6.45, 7) is 0. The number of hydrazine groups is 1. The number of anilines is 2. The smallest absolute Gasteiger partial charge is 0.319 e. The summed E-state index contributed by atoms with van der Waals surface area (Å²) in [6, 6.07) is 12.8. The van der Waals surface area contributed by atoms with Crippen LogP contribution in [0.4, 0.5) is 20.6 Å². The lowest BCUT2D eigenvalue weighted by Gasteiger charge is -2.12. The van der Waals surface area contributed by atoms with Crippen molar-refractivity contribution in [1.29, 1.82) is 0 Å². The Labute approximate surface area is 162 Å². The van der Waals surface area contributed by atoms with Gasteiger partial charge in [0.2, 0.25) is 5.91 Å². The summed E-state index contributed by atoms with van der Waals surface area (Å²) in [6.07, 6.45) is 2.58. The van der Waals surface area contributed by atoms with Crippen LogP contribution in [0.2, 0.25) is 0 Å². The van der Waals surface area contributed by atoms with Crippen molar-refractivity contribution in [1.82, 2.24) is 16.2 Å². The fourth-order valence-corrected chi connectivity index (χ4v) is 3.13. The quantitative estimate of drug-likeness (QED) is 0.549. The van der Waals surface area contributed by atoms with Gasteiger partial charge in [-0.1, -0.05) is 18.2 Å². The second-order valence-corrected chi connectivity index (χ2v) is 7.12. The van der Waals surface area contributed by atoms with Crippen molar-refractivity contribution in [2.75, 3.05) is 10.6 Å². The summed E-state index contributed by atoms with van der Waals surface area (Å²) in [5, 5.41) is 8.48. The minimum atomic E-state index is -0.426. The van der Waals surface area contributed by atoms with Crippen molar-refractivity contribution >= 4 is 23.3 Å². The van der Waals surface area contributed by atoms with Crippen molar-refractivity contribution in [2.45, 2.75) is 37.4 Å². The number of halogens is 1. The van der Waals surface area contributed by atoms with E-state index >= 15 is 0 Å². The standard InChI is InChI=1S/C20H22FN5O2/c21-13-6-4-12(5-7-13)17-11-18(26-25-17)19(27)22-15-2-1-3-16(10-15)24-20(28)23-14-8-9-14/h1-7,10,14,17-18,25-26H,8-9,11H2,(H,22,27)(H2,23,24,28). The highest BCUT2D eigenvalue weighted by Crippen LogP contribution is 2.24. The van der Waals surface area contributed by atoms with E-state index in [0.29, 0.717) is 17.8 Å². The van der Waals surface area contributed by atoms with Crippen LogP contribution in [-0.4, -0.2) is 24.0 Å². The van der Waals surface area contributed by atoms with Gasteiger partial charge in [-0.2, -0.15) is 0 Å². The Morgan fingerprint density at radius 2 is 1.68 bits per heavy atom. The van der Waals surface area contributed by atoms with E-state index in [1.54, 1.807) is 36.4 Å². The number of rotatable bonds is 5. The Balaban J connectivity index is 1.32. The lowest BCUT2D eigenvalue weighted by atomic mass is 10.0. The van der Waals surface area contributed by atoms with Gasteiger partial charge < -0.3 is 16.0 Å². The van der Waals surface area contributed by atoms with Gasteiger partial charge >= 0.3 is 6.03 Å². The molecule has 5 N–H and O–H groups in total. The summed E-state index contributed by atoms with van der Waals surface area (Å²) in [4.78, 5) is 24.4. The van der Waals surface area contributed by atoms with Crippen molar-refractivity contribution in [3.05, 3.63) is 59.9 Å². The Morgan fingerprint density at radius 3 is 2.39 bits per heavy atom. The molecule has 1 heterocycles. The number of hydrogen-bond acceptors (Lipinski definition) is 4. The van der Waals surface area contributed by atoms with Gasteiger partial charge in [0, 0.05) is 23.5 Å². The Morgan fingerprint density at radius 1 is 0.964 bits per heavy atom. The van der Waals surface area contributed by atoms with E-state index in [1.807, 2.05) is 0 Å². The third kappa shape index (κ3) is 4.65. The van der Waals surface area contributed by atoms with E-state index < -0.39 is 6.04 Å². The molecule has 4 rings (SSSR count). The summed E-state index contributed by atoms with van der Waals surface area (Å²) in [7, 11) is 0. The minimum Gasteiger partial charge on any atom is -0.335 e. The molecule has 2 aromatic carbocycles. The molecule has 1 saturated heterocycles. The number of hydrogen-bond donors (Lipinski definition) is 5. The molecule has 2 atom stereocenters. The third-order valence-electron chi connectivity index (χ3n) is 4.79. The molecule has 8 heteroatoms. The molecular formula is C20H22FN5O2. The molecule has 1 aliphatic carbocycles. The highest BCUT2D eigenvalue weighted by atomic mass is 19.1. The van der Waals surface area contributed by atoms with Crippen molar-refractivity contribution in [3.8, 4) is 0 Å². The van der Waals surface area contributed by atoms with Gasteiger partial charge in [-0.3, -0.25) is 4.79 Å². The molecule has 146 valence electrons. The first-order chi connectivity index (χ1) is 13.6. The van der Waals surface area contributed by atoms with Crippen LogP contribution < -0.4 is 26.8 Å². The van der Waals surface area contributed by atoms with E-state index in [0.717, 1.165) is 18.4 Å². The molecule has 0 spiro atoms. The van der Waals surface area contributed by atoms with Gasteiger partial charge in [-0.15, -0.1) is 0 Å². The number of carbonyl (C=O) groups excluding carboxylic acids is 2. The zero-order valence-electron chi connectivity index (χ0n) is 15.2. The fourth-order valence-electron chi connectivity index (χ4n) is 3.13. The predicted octanol–water partition coefficient (Wildman–Crippen LogP) is 2.66. The minimum absolute atomic E-state index is 0.0736. The van der Waals surface area contributed by atoms with Gasteiger partial charge in [-0.25, -0.2) is 20.0 Å². The number of carbonyl (C=O) groups is 2. The van der Waals surface area contributed by atoms with E-state index in [-0.39, 0.29) is 29.8 Å². The van der Waals surface area contributed by atoms with Gasteiger partial charge in [0.25, 0.3) is 0 Å². The maximum atomic E-state index is 13.1. The summed E-state index contributed by atoms with van der Waals surface area (Å²) >= 11 is 0. The highest BCUT2D eigenvalue weighted by Gasteiger charge is 2.30. The maximum absolute atomic E-state index is 13.1. The third-order valence-corrected chi connectivity index (χ3v) is 4.79. The monoisotopic (exact) mass is 383 g/mol. The van der Waals surface area contributed by atoms with E-state index in [2.05, 4.69) is 26.8 Å². The fraction of sp³-hybridized carbons (Fsp3) is 0.300.